The van der Waals surface area contributed by atoms with E-state index in [2.05, 4.69) is 51.3 Å². The van der Waals surface area contributed by atoms with E-state index < -0.39 is 12.6 Å². The number of nitrogens with zero attached hydrogens (tertiary/aromatic N) is 2. The summed E-state index contributed by atoms with van der Waals surface area (Å²) in [4.78, 5) is 29.7. The molecule has 5 fully saturated rings. The van der Waals surface area contributed by atoms with Gasteiger partial charge < -0.3 is 18.9 Å². The molecule has 0 aromatic carbocycles. The number of carbonyl (C=O) groups is 2. The van der Waals surface area contributed by atoms with Crippen LogP contribution in [0.5, 0.6) is 0 Å². The largest absolute Gasteiger partial charge is 0.434 e. The molecule has 2 aliphatic carbocycles. The maximum atomic E-state index is 12.5. The molecule has 0 spiro atoms. The van der Waals surface area contributed by atoms with Crippen LogP contribution in [0.2, 0.25) is 0 Å². The molecule has 0 bridgehead atoms. The van der Waals surface area contributed by atoms with Crippen LogP contribution in [0, 0.1) is 35.5 Å². The highest BCUT2D eigenvalue weighted by atomic mass is 16.7. The van der Waals surface area contributed by atoms with Crippen molar-refractivity contribution in [2.24, 2.45) is 35.5 Å². The summed E-state index contributed by atoms with van der Waals surface area (Å²) in [5.41, 5.74) is 0. The van der Waals surface area contributed by atoms with Crippen LogP contribution in [0.4, 0.5) is 0 Å². The molecule has 5 aliphatic rings. The highest BCUT2D eigenvalue weighted by Gasteiger charge is 2.47. The van der Waals surface area contributed by atoms with Crippen LogP contribution in [-0.4, -0.2) is 84.8 Å². The van der Waals surface area contributed by atoms with Crippen LogP contribution in [0.1, 0.15) is 92.9 Å². The first-order valence-electron chi connectivity index (χ1n) is 16.3. The molecule has 10 atom stereocenters. The molecule has 0 amide bonds. The average Bonchev–Trinajstić information content (AvgIpc) is 3.45. The molecule has 2 saturated carbocycles. The fourth-order valence-corrected chi connectivity index (χ4v) is 8.17. The molecule has 0 aromatic heterocycles. The van der Waals surface area contributed by atoms with Gasteiger partial charge in [0.15, 0.2) is 0 Å². The molecular formula is C32H54N2O6. The molecule has 3 heterocycles. The van der Waals surface area contributed by atoms with E-state index in [9.17, 15) is 9.59 Å². The Morgan fingerprint density at radius 3 is 1.38 bits per heavy atom. The number of rotatable bonds is 8. The molecule has 0 unspecified atom stereocenters. The molecule has 3 saturated heterocycles. The third kappa shape index (κ3) is 6.87. The second-order valence-corrected chi connectivity index (χ2v) is 14.3. The van der Waals surface area contributed by atoms with Gasteiger partial charge in [-0.05, 0) is 61.2 Å². The van der Waals surface area contributed by atoms with Gasteiger partial charge in [0, 0.05) is 26.2 Å². The first-order chi connectivity index (χ1) is 19.1. The van der Waals surface area contributed by atoms with Crippen molar-refractivity contribution in [1.29, 1.82) is 0 Å². The third-order valence-corrected chi connectivity index (χ3v) is 10.7. The molecular weight excluding hydrogens is 508 g/mol. The molecule has 40 heavy (non-hydrogen) atoms. The average molecular weight is 563 g/mol. The quantitative estimate of drug-likeness (QED) is 0.389. The topological polar surface area (TPSA) is 77.5 Å². The summed E-state index contributed by atoms with van der Waals surface area (Å²) < 4.78 is 24.8. The fraction of sp³-hybridized carbons (Fsp3) is 0.938. The zero-order valence-electron chi connectivity index (χ0n) is 25.8. The van der Waals surface area contributed by atoms with Gasteiger partial charge in [-0.25, -0.2) is 0 Å². The maximum absolute atomic E-state index is 12.5. The van der Waals surface area contributed by atoms with E-state index in [-0.39, 0.29) is 36.2 Å². The van der Waals surface area contributed by atoms with E-state index in [0.29, 0.717) is 48.3 Å². The van der Waals surface area contributed by atoms with E-state index >= 15 is 0 Å². The number of cyclic esters (lactones) is 2. The summed E-state index contributed by atoms with van der Waals surface area (Å²) >= 11 is 0. The lowest BCUT2D eigenvalue weighted by molar-refractivity contribution is -0.205. The normalized spacial score (nSPS) is 42.0. The Morgan fingerprint density at radius 1 is 0.650 bits per heavy atom. The van der Waals surface area contributed by atoms with Crippen LogP contribution >= 0.6 is 0 Å². The summed E-state index contributed by atoms with van der Waals surface area (Å²) in [6, 6.07) is -0.104. The van der Waals surface area contributed by atoms with Crippen molar-refractivity contribution in [3.05, 3.63) is 0 Å². The molecule has 0 aromatic rings. The standard InChI is InChI=1S/C32H54N2O6/c1-19(2)23-9-7-21(5)15-27(23)37-31-25(17-29(35)39-31)33-11-13-34(14-12-33)26-18-30(36)40-32(26)38-28-16-22(6)8-10-24(28)20(3)4/h19-28,31-32H,7-18H2,1-6H3/t21-,22-,23+,24+,25-,26-,27-,28-,31-,32-/m1/s1. The van der Waals surface area contributed by atoms with Gasteiger partial charge in [0.25, 0.3) is 0 Å². The molecule has 5 rings (SSSR count). The minimum Gasteiger partial charge on any atom is -0.434 e. The molecule has 3 aliphatic heterocycles. The van der Waals surface area contributed by atoms with Crippen LogP contribution in [0.3, 0.4) is 0 Å². The number of piperazine rings is 1. The lowest BCUT2D eigenvalue weighted by Crippen LogP contribution is -2.57. The van der Waals surface area contributed by atoms with Gasteiger partial charge in [0.2, 0.25) is 12.6 Å². The van der Waals surface area contributed by atoms with E-state index in [1.54, 1.807) is 0 Å². The number of esters is 2. The van der Waals surface area contributed by atoms with Crippen molar-refractivity contribution in [1.82, 2.24) is 9.80 Å². The summed E-state index contributed by atoms with van der Waals surface area (Å²) in [5, 5.41) is 0. The Morgan fingerprint density at radius 2 is 1.02 bits per heavy atom. The van der Waals surface area contributed by atoms with Crippen molar-refractivity contribution in [2.75, 3.05) is 26.2 Å². The zero-order chi connectivity index (χ0) is 28.6. The predicted octanol–water partition coefficient (Wildman–Crippen LogP) is 4.84. The lowest BCUT2D eigenvalue weighted by Gasteiger charge is -2.44. The Balaban J connectivity index is 1.19. The predicted molar refractivity (Wildman–Crippen MR) is 152 cm³/mol. The van der Waals surface area contributed by atoms with Gasteiger partial charge in [-0.3, -0.25) is 19.4 Å². The van der Waals surface area contributed by atoms with Crippen molar-refractivity contribution in [3.63, 3.8) is 0 Å². The Bertz CT molecular complexity index is 803. The maximum Gasteiger partial charge on any atom is 0.309 e. The zero-order valence-corrected chi connectivity index (χ0v) is 25.8. The molecule has 0 N–H and O–H groups in total. The third-order valence-electron chi connectivity index (χ3n) is 10.7. The Labute approximate surface area is 241 Å². The van der Waals surface area contributed by atoms with Crippen molar-refractivity contribution in [2.45, 2.75) is 130 Å². The van der Waals surface area contributed by atoms with Crippen molar-refractivity contribution in [3.8, 4) is 0 Å². The van der Waals surface area contributed by atoms with Crippen LogP contribution in [0.15, 0.2) is 0 Å². The van der Waals surface area contributed by atoms with Gasteiger partial charge in [0.05, 0.1) is 37.1 Å². The first kappa shape index (κ1) is 30.2. The monoisotopic (exact) mass is 562 g/mol. The van der Waals surface area contributed by atoms with Gasteiger partial charge in [0.1, 0.15) is 0 Å². The van der Waals surface area contributed by atoms with E-state index in [0.717, 1.165) is 39.0 Å². The molecule has 228 valence electrons. The van der Waals surface area contributed by atoms with Crippen molar-refractivity contribution >= 4 is 11.9 Å². The van der Waals surface area contributed by atoms with E-state index in [4.69, 9.17) is 18.9 Å². The van der Waals surface area contributed by atoms with Gasteiger partial charge >= 0.3 is 11.9 Å². The number of ether oxygens (including phenoxy) is 4. The van der Waals surface area contributed by atoms with E-state index in [1.165, 1.54) is 25.7 Å². The second-order valence-electron chi connectivity index (χ2n) is 14.3. The van der Waals surface area contributed by atoms with Crippen LogP contribution in [-0.2, 0) is 28.5 Å². The number of hydrogen-bond donors (Lipinski definition) is 0. The summed E-state index contributed by atoms with van der Waals surface area (Å²) in [6.07, 6.45) is 6.96. The number of hydrogen-bond acceptors (Lipinski definition) is 8. The van der Waals surface area contributed by atoms with E-state index in [1.807, 2.05) is 0 Å². The van der Waals surface area contributed by atoms with Crippen LogP contribution in [0.25, 0.3) is 0 Å². The van der Waals surface area contributed by atoms with Gasteiger partial charge in [-0.2, -0.15) is 0 Å². The fourth-order valence-electron chi connectivity index (χ4n) is 8.17. The van der Waals surface area contributed by atoms with Crippen molar-refractivity contribution < 1.29 is 28.5 Å². The highest BCUT2D eigenvalue weighted by Crippen LogP contribution is 2.39. The lowest BCUT2D eigenvalue weighted by atomic mass is 9.75. The number of carbonyl (C=O) groups excluding carboxylic acids is 2. The van der Waals surface area contributed by atoms with Crippen LogP contribution < -0.4 is 0 Å². The summed E-state index contributed by atoms with van der Waals surface area (Å²) in [6.45, 7) is 16.9. The first-order valence-corrected chi connectivity index (χ1v) is 16.3. The SMILES string of the molecule is CC(C)[C@@H]1CC[C@@H](C)C[C@H]1O[C@@H]1OC(=O)C[C@H]1N1CCN([C@@H]2CC(=O)O[C@H]2O[C@@H]2C[C@H](C)CC[C@H]2C(C)C)CC1. The Hall–Kier alpha value is -1.22. The highest BCUT2D eigenvalue weighted by molar-refractivity contribution is 5.73. The summed E-state index contributed by atoms with van der Waals surface area (Å²) in [5.74, 6) is 3.07. The molecule has 8 nitrogen and oxygen atoms in total. The summed E-state index contributed by atoms with van der Waals surface area (Å²) in [7, 11) is 0. The molecule has 0 radical (unpaired) electrons. The smallest absolute Gasteiger partial charge is 0.309 e. The molecule has 8 heteroatoms. The minimum absolute atomic E-state index is 0.0521. The Kier molecular flexibility index (Phi) is 9.80. The van der Waals surface area contributed by atoms with Gasteiger partial charge in [-0.15, -0.1) is 0 Å². The minimum atomic E-state index is -0.496. The second kappa shape index (κ2) is 13.0. The van der Waals surface area contributed by atoms with Gasteiger partial charge in [-0.1, -0.05) is 54.4 Å².